The van der Waals surface area contributed by atoms with Crippen LogP contribution in [0.4, 0.5) is 39.8 Å². The summed E-state index contributed by atoms with van der Waals surface area (Å²) in [5.41, 5.74) is 32.9. The maximum Gasteiger partial charge on any atom is 0.252 e. The van der Waals surface area contributed by atoms with Gasteiger partial charge in [0.2, 0.25) is 0 Å². The van der Waals surface area contributed by atoms with Crippen molar-refractivity contribution >= 4 is 128 Å². The van der Waals surface area contributed by atoms with Crippen LogP contribution in [0.25, 0.3) is 116 Å². The molecule has 7 heteroatoms. The van der Waals surface area contributed by atoms with Crippen LogP contribution in [0.3, 0.4) is 0 Å². The fourth-order valence-electron chi connectivity index (χ4n) is 20.7. The Kier molecular flexibility index (Phi) is 17.8. The molecule has 0 amide bonds. The molecule has 5 heterocycles. The topological polar surface area (TPSA) is 24.5 Å². The maximum absolute atomic E-state index is 10.0. The largest absolute Gasteiger partial charge is 0.342 e. The second-order valence-electron chi connectivity index (χ2n) is 39.8. The lowest BCUT2D eigenvalue weighted by Gasteiger charge is -2.45. The van der Waals surface area contributed by atoms with Gasteiger partial charge in [-0.15, -0.1) is 0 Å². The van der Waals surface area contributed by atoms with Gasteiger partial charge in [-0.3, -0.25) is 0 Å². The number of hydrogen-bond acceptors (Lipinski definition) is 3. The van der Waals surface area contributed by atoms with E-state index < -0.39 is 30.9 Å². The van der Waals surface area contributed by atoms with Gasteiger partial charge in [-0.1, -0.05) is 350 Å². The SMILES string of the molecule is [2H]c1c([2H])c([2H])c2c(c1[2H])c1c([2H])c([2H])c([2H])c([2H])c1n2-c1ccc2c(c1)N(CCc1c(-c3ccccc3)cc(C(C)(C)C)cc1-c1ccccc1)c1cc(Cn3c4ccccc4c4cc(N(c5ccccc5)c5ccccc5)ccc43)cc3c1B2c1ccc(Cn2c4ccc(C(C)(C)C)cc4c4cc(C(C)(C)C)ccc42)cc1N3Cc1c(-c2ccccc2)cc(C(C)(C)C)cc1-c1ccccc1. The third-order valence-corrected chi connectivity index (χ3v) is 27.5. The van der Waals surface area contributed by atoms with Gasteiger partial charge in [-0.05, 0) is 249 Å². The predicted octanol–water partition coefficient (Wildman–Crippen LogP) is 30.3. The molecule has 0 fully saturated rings. The first-order valence-corrected chi connectivity index (χ1v) is 45.9. The van der Waals surface area contributed by atoms with Crippen molar-refractivity contribution in [3.63, 3.8) is 0 Å². The molecule has 0 aliphatic carbocycles. The monoisotopic (exact) mass is 1690 g/mol. The number of aromatic nitrogens is 3. The maximum atomic E-state index is 10.0. The van der Waals surface area contributed by atoms with Gasteiger partial charge in [0.1, 0.15) is 0 Å². The van der Waals surface area contributed by atoms with Crippen LogP contribution in [-0.4, -0.2) is 27.0 Å². The van der Waals surface area contributed by atoms with Crippen molar-refractivity contribution in [1.29, 1.82) is 0 Å². The first-order valence-electron chi connectivity index (χ1n) is 49.9. The predicted molar refractivity (Wildman–Crippen MR) is 556 cm³/mol. The summed E-state index contributed by atoms with van der Waals surface area (Å²) in [6.07, 6.45) is 0.517. The molecule has 2 aliphatic rings. The van der Waals surface area contributed by atoms with Crippen LogP contribution >= 0.6 is 0 Å². The highest BCUT2D eigenvalue weighted by Crippen LogP contribution is 2.49. The summed E-state index contributed by atoms with van der Waals surface area (Å²) in [6, 6.07) is 120. The summed E-state index contributed by atoms with van der Waals surface area (Å²) in [5, 5.41) is 4.72. The zero-order chi connectivity index (χ0) is 95.6. The second-order valence-corrected chi connectivity index (χ2v) is 39.8. The Morgan fingerprint density at radius 2 is 0.677 bits per heavy atom. The molecular formula is C123H109BN6. The van der Waals surface area contributed by atoms with Crippen LogP contribution in [0.2, 0.25) is 0 Å². The minimum Gasteiger partial charge on any atom is -0.342 e. The number of nitrogens with zero attached hydrogens (tertiary/aromatic N) is 6. The van der Waals surface area contributed by atoms with Crippen LogP contribution < -0.4 is 31.1 Å². The number of benzene rings is 17. The van der Waals surface area contributed by atoms with Gasteiger partial charge in [-0.25, -0.2) is 0 Å². The molecule has 130 heavy (non-hydrogen) atoms. The molecule has 17 aromatic carbocycles. The molecule has 20 aromatic rings. The third-order valence-electron chi connectivity index (χ3n) is 27.5. The standard InChI is InChI=1S/C123H109BN6/c1-120(2,3)87-56-62-110-103(70-87)104-71-88(121(4,5)6)57-63-111(104)126(110)78-81-55-60-107-115(67-81)128(80-106-101(85-41-23-15-24-42-85)74-90(123(10,11)12)75-102(106)86-43-25-16-26-44-86)118-69-82(79-127-109-52-34-31-51-98(109)105-76-93(59-64-112(105)127)129(91-45-27-17-28-46-91)92-47-29-18-30-48-92)68-117-119(118)124(107)108-61-58-94(130-113-53-35-32-49-96(113)97-50-33-36-54-114(97)130)77-116(108)125(117)66-65-95-99(83-37-19-13-20-38-83)72-89(122(7,8)9)73-100(95)84-39-21-14-22-40-84/h13-64,67-77H,65-66,78-80H2,1-12H3/i32D,33D,35D,36D,49D,50D,53D,54D. The van der Waals surface area contributed by atoms with Gasteiger partial charge < -0.3 is 28.4 Å². The first-order chi connectivity index (χ1) is 66.3. The molecule has 0 N–H and O–H groups in total. The summed E-state index contributed by atoms with van der Waals surface area (Å²) in [6.45, 7) is 29.0. The van der Waals surface area contributed by atoms with E-state index in [2.05, 4.69) is 435 Å². The van der Waals surface area contributed by atoms with E-state index in [-0.39, 0.29) is 67.6 Å². The van der Waals surface area contributed by atoms with Crippen LogP contribution in [0.5, 0.6) is 0 Å². The van der Waals surface area contributed by atoms with Gasteiger partial charge in [0, 0.05) is 126 Å². The molecule has 0 saturated heterocycles. The first kappa shape index (κ1) is 72.6. The number of fused-ring (bicyclic) bond motifs is 13. The fraction of sp³-hybridized carbons (Fsp3) is 0.171. The normalized spacial score (nSPS) is 13.7. The number of hydrogen-bond donors (Lipinski definition) is 0. The molecule has 3 aromatic heterocycles. The molecule has 0 saturated carbocycles. The van der Waals surface area contributed by atoms with E-state index in [0.717, 1.165) is 150 Å². The Bertz CT molecular complexity index is 8000. The van der Waals surface area contributed by atoms with Crippen LogP contribution in [0, 0.1) is 0 Å². The molecule has 22 rings (SSSR count). The Hall–Kier alpha value is -14.4. The van der Waals surface area contributed by atoms with Crippen molar-refractivity contribution < 1.29 is 11.0 Å². The van der Waals surface area contributed by atoms with E-state index >= 15 is 0 Å². The average Bonchev–Trinajstić information content (AvgIpc) is 1.20. The van der Waals surface area contributed by atoms with Gasteiger partial charge in [0.25, 0.3) is 6.71 Å². The second kappa shape index (κ2) is 31.8. The minimum absolute atomic E-state index is 0.0185. The van der Waals surface area contributed by atoms with Crippen molar-refractivity contribution in [2.45, 2.75) is 131 Å². The van der Waals surface area contributed by atoms with E-state index in [1.807, 2.05) is 6.07 Å². The van der Waals surface area contributed by atoms with Gasteiger partial charge in [0.15, 0.2) is 0 Å². The Morgan fingerprint density at radius 1 is 0.285 bits per heavy atom. The molecule has 0 atom stereocenters. The fourth-order valence-corrected chi connectivity index (χ4v) is 20.7. The van der Waals surface area contributed by atoms with Gasteiger partial charge in [-0.2, -0.15) is 0 Å². The minimum atomic E-state index is -0.496. The number of anilines is 7. The highest BCUT2D eigenvalue weighted by molar-refractivity contribution is 7.00. The van der Waals surface area contributed by atoms with Crippen molar-refractivity contribution in [3.05, 3.63) is 426 Å². The molecule has 2 aliphatic heterocycles. The lowest BCUT2D eigenvalue weighted by Crippen LogP contribution is -2.62. The van der Waals surface area contributed by atoms with Gasteiger partial charge >= 0.3 is 0 Å². The smallest absolute Gasteiger partial charge is 0.252 e. The highest BCUT2D eigenvalue weighted by Gasteiger charge is 2.44. The van der Waals surface area contributed by atoms with Gasteiger partial charge in [0.05, 0.1) is 22.0 Å². The zero-order valence-electron chi connectivity index (χ0n) is 84.1. The summed E-state index contributed by atoms with van der Waals surface area (Å²) in [4.78, 5) is 7.56. The summed E-state index contributed by atoms with van der Waals surface area (Å²) < 4.78 is 83.7. The summed E-state index contributed by atoms with van der Waals surface area (Å²) in [5.74, 6) is 0. The van der Waals surface area contributed by atoms with Crippen molar-refractivity contribution in [1.82, 2.24) is 13.7 Å². The average molecular weight is 1690 g/mol. The molecule has 0 unspecified atom stereocenters. The zero-order valence-corrected chi connectivity index (χ0v) is 76.1. The van der Waals surface area contributed by atoms with E-state index in [4.69, 9.17) is 0 Å². The van der Waals surface area contributed by atoms with Crippen molar-refractivity contribution in [2.24, 2.45) is 0 Å². The lowest BCUT2D eigenvalue weighted by molar-refractivity contribution is 0.590. The van der Waals surface area contributed by atoms with Crippen LogP contribution in [-0.2, 0) is 47.7 Å². The quantitative estimate of drug-likeness (QED) is 0.0850. The number of rotatable bonds is 17. The lowest BCUT2D eigenvalue weighted by atomic mass is 9.33. The van der Waals surface area contributed by atoms with Crippen molar-refractivity contribution in [2.75, 3.05) is 21.2 Å². The Morgan fingerprint density at radius 3 is 1.16 bits per heavy atom. The molecule has 634 valence electrons. The van der Waals surface area contributed by atoms with Crippen LogP contribution in [0.1, 0.15) is 139 Å². The van der Waals surface area contributed by atoms with Crippen molar-refractivity contribution in [3.8, 4) is 50.2 Å². The summed E-state index contributed by atoms with van der Waals surface area (Å²) in [7, 11) is 0. The van der Waals surface area contributed by atoms with E-state index in [0.29, 0.717) is 38.3 Å². The molecule has 0 radical (unpaired) electrons. The number of para-hydroxylation sites is 5. The molecule has 0 spiro atoms. The van der Waals surface area contributed by atoms with Crippen LogP contribution in [0.15, 0.2) is 382 Å². The van der Waals surface area contributed by atoms with E-state index in [1.54, 1.807) is 4.57 Å². The highest BCUT2D eigenvalue weighted by atomic mass is 15.2. The summed E-state index contributed by atoms with van der Waals surface area (Å²) >= 11 is 0. The molecule has 6 nitrogen and oxygen atoms in total. The molecular weight excluding hydrogens is 1570 g/mol. The third kappa shape index (κ3) is 14.4. The molecule has 0 bridgehead atoms. The van der Waals surface area contributed by atoms with E-state index in [9.17, 15) is 11.0 Å². The Labute approximate surface area is 777 Å². The Balaban J connectivity index is 0.861. The van der Waals surface area contributed by atoms with E-state index in [1.165, 1.54) is 38.6 Å².